The van der Waals surface area contributed by atoms with Gasteiger partial charge in [-0.25, -0.2) is 0 Å². The monoisotopic (exact) mass is 436 g/mol. The number of anilines is 1. The Kier molecular flexibility index (Phi) is 7.15. The van der Waals surface area contributed by atoms with Gasteiger partial charge < -0.3 is 19.7 Å². The standard InChI is InChI=1S/C21H22F2N2O4S/c1-13-11-15(20(27)25-7-9-30-10-8-25)3-5-16(13)24-19(26)14-4-6-17(28-2)18(12-14)29-21(22)23/h3-6,11-12,21H,7-10H2,1-2H3,(H,24,26). The van der Waals surface area contributed by atoms with Gasteiger partial charge in [0.05, 0.1) is 7.11 Å². The predicted octanol–water partition coefficient (Wildman–Crippen LogP) is 4.05. The molecule has 1 saturated heterocycles. The Morgan fingerprint density at radius 2 is 1.77 bits per heavy atom. The molecule has 160 valence electrons. The Bertz CT molecular complexity index is 933. The van der Waals surface area contributed by atoms with Gasteiger partial charge in [-0.2, -0.15) is 20.5 Å². The first-order valence-electron chi connectivity index (χ1n) is 9.31. The van der Waals surface area contributed by atoms with Crippen LogP contribution < -0.4 is 14.8 Å². The van der Waals surface area contributed by atoms with Crippen molar-refractivity contribution < 1.29 is 27.8 Å². The Hall–Kier alpha value is -2.81. The minimum atomic E-state index is -3.04. The molecule has 0 atom stereocenters. The van der Waals surface area contributed by atoms with Crippen molar-refractivity contribution in [2.75, 3.05) is 37.0 Å². The molecule has 0 unspecified atom stereocenters. The van der Waals surface area contributed by atoms with Crippen LogP contribution in [0.5, 0.6) is 11.5 Å². The second-order valence-electron chi connectivity index (χ2n) is 6.63. The van der Waals surface area contributed by atoms with Crippen LogP contribution in [0.3, 0.4) is 0 Å². The van der Waals surface area contributed by atoms with E-state index >= 15 is 0 Å². The summed E-state index contributed by atoms with van der Waals surface area (Å²) in [5.74, 6) is 1.21. The zero-order chi connectivity index (χ0) is 21.7. The van der Waals surface area contributed by atoms with Crippen molar-refractivity contribution in [3.05, 3.63) is 53.1 Å². The molecule has 1 fully saturated rings. The van der Waals surface area contributed by atoms with Crippen molar-refractivity contribution in [1.82, 2.24) is 4.90 Å². The van der Waals surface area contributed by atoms with E-state index in [9.17, 15) is 18.4 Å². The lowest BCUT2D eigenvalue weighted by atomic mass is 10.1. The maximum atomic E-state index is 12.6. The first kappa shape index (κ1) is 21.9. The van der Waals surface area contributed by atoms with Crippen molar-refractivity contribution in [2.24, 2.45) is 0 Å². The fourth-order valence-corrected chi connectivity index (χ4v) is 3.99. The number of methoxy groups -OCH3 is 1. The van der Waals surface area contributed by atoms with Crippen LogP contribution in [0, 0.1) is 6.92 Å². The van der Waals surface area contributed by atoms with Crippen LogP contribution in [0.15, 0.2) is 36.4 Å². The van der Waals surface area contributed by atoms with E-state index in [4.69, 9.17) is 4.74 Å². The predicted molar refractivity (Wildman–Crippen MR) is 112 cm³/mol. The number of rotatable bonds is 6. The van der Waals surface area contributed by atoms with Crippen LogP contribution in [-0.2, 0) is 0 Å². The molecule has 30 heavy (non-hydrogen) atoms. The molecule has 3 rings (SSSR count). The molecule has 9 heteroatoms. The van der Waals surface area contributed by atoms with Crippen LogP contribution in [0.1, 0.15) is 26.3 Å². The maximum Gasteiger partial charge on any atom is 0.387 e. The summed E-state index contributed by atoms with van der Waals surface area (Å²) in [5, 5.41) is 2.74. The van der Waals surface area contributed by atoms with Gasteiger partial charge in [0, 0.05) is 41.4 Å². The number of nitrogens with one attached hydrogen (secondary N) is 1. The van der Waals surface area contributed by atoms with E-state index in [0.29, 0.717) is 11.3 Å². The van der Waals surface area contributed by atoms with E-state index in [1.54, 1.807) is 25.1 Å². The lowest BCUT2D eigenvalue weighted by Gasteiger charge is -2.26. The molecule has 0 aromatic heterocycles. The van der Waals surface area contributed by atoms with Crippen LogP contribution in [-0.4, -0.2) is 55.0 Å². The highest BCUT2D eigenvalue weighted by atomic mass is 32.2. The normalized spacial score (nSPS) is 13.8. The molecule has 6 nitrogen and oxygen atoms in total. The number of hydrogen-bond donors (Lipinski definition) is 1. The average Bonchev–Trinajstić information content (AvgIpc) is 2.74. The quantitative estimate of drug-likeness (QED) is 0.740. The number of aryl methyl sites for hydroxylation is 1. The van der Waals surface area contributed by atoms with Gasteiger partial charge in [-0.05, 0) is 48.9 Å². The molecule has 0 aliphatic carbocycles. The molecule has 0 radical (unpaired) electrons. The lowest BCUT2D eigenvalue weighted by Crippen LogP contribution is -2.37. The summed E-state index contributed by atoms with van der Waals surface area (Å²) in [5.41, 5.74) is 1.95. The Morgan fingerprint density at radius 1 is 1.07 bits per heavy atom. The highest BCUT2D eigenvalue weighted by Gasteiger charge is 2.20. The number of carbonyl (C=O) groups excluding carboxylic acids is 2. The summed E-state index contributed by atoms with van der Waals surface area (Å²) < 4.78 is 34.6. The molecule has 1 aliphatic rings. The van der Waals surface area contributed by atoms with Crippen LogP contribution in [0.2, 0.25) is 0 Å². The zero-order valence-electron chi connectivity index (χ0n) is 16.6. The second-order valence-corrected chi connectivity index (χ2v) is 7.86. The molecule has 0 bridgehead atoms. The van der Waals surface area contributed by atoms with E-state index in [0.717, 1.165) is 30.2 Å². The van der Waals surface area contributed by atoms with Gasteiger partial charge in [-0.1, -0.05) is 0 Å². The van der Waals surface area contributed by atoms with Gasteiger partial charge in [0.1, 0.15) is 0 Å². The SMILES string of the molecule is COc1ccc(C(=O)Nc2ccc(C(=O)N3CCSCC3)cc2C)cc1OC(F)F. The van der Waals surface area contributed by atoms with E-state index in [1.807, 2.05) is 16.7 Å². The number of ether oxygens (including phenoxy) is 2. The van der Waals surface area contributed by atoms with Crippen molar-refractivity contribution >= 4 is 29.3 Å². The Morgan fingerprint density at radius 3 is 2.40 bits per heavy atom. The second kappa shape index (κ2) is 9.80. The number of benzene rings is 2. The number of hydrogen-bond acceptors (Lipinski definition) is 5. The van der Waals surface area contributed by atoms with Gasteiger partial charge in [0.25, 0.3) is 11.8 Å². The topological polar surface area (TPSA) is 67.9 Å². The minimum absolute atomic E-state index is 0.0276. The molecular weight excluding hydrogens is 414 g/mol. The molecule has 0 spiro atoms. The summed E-state index contributed by atoms with van der Waals surface area (Å²) in [6.45, 7) is 0.198. The van der Waals surface area contributed by atoms with E-state index in [-0.39, 0.29) is 23.0 Å². The molecule has 0 saturated carbocycles. The van der Waals surface area contributed by atoms with E-state index < -0.39 is 12.5 Å². The fourth-order valence-electron chi connectivity index (χ4n) is 3.09. The number of amides is 2. The molecule has 1 aliphatic heterocycles. The van der Waals surface area contributed by atoms with Crippen molar-refractivity contribution in [3.8, 4) is 11.5 Å². The number of thioether (sulfide) groups is 1. The fraction of sp³-hybridized carbons (Fsp3) is 0.333. The van der Waals surface area contributed by atoms with Crippen molar-refractivity contribution in [3.63, 3.8) is 0 Å². The summed E-state index contributed by atoms with van der Waals surface area (Å²) in [4.78, 5) is 27.1. The highest BCUT2D eigenvalue weighted by molar-refractivity contribution is 7.99. The lowest BCUT2D eigenvalue weighted by molar-refractivity contribution is -0.0512. The number of nitrogens with zero attached hydrogens (tertiary/aromatic N) is 1. The van der Waals surface area contributed by atoms with Crippen LogP contribution in [0.25, 0.3) is 0 Å². The van der Waals surface area contributed by atoms with Gasteiger partial charge in [0.2, 0.25) is 0 Å². The maximum absolute atomic E-state index is 12.6. The first-order chi connectivity index (χ1) is 14.4. The summed E-state index contributed by atoms with van der Waals surface area (Å²) in [7, 11) is 1.32. The molecule has 1 heterocycles. The van der Waals surface area contributed by atoms with Crippen molar-refractivity contribution in [1.29, 1.82) is 0 Å². The summed E-state index contributed by atoms with van der Waals surface area (Å²) in [6.07, 6.45) is 0. The third-order valence-electron chi connectivity index (χ3n) is 4.66. The Labute approximate surface area is 177 Å². The third kappa shape index (κ3) is 5.21. The van der Waals surface area contributed by atoms with E-state index in [2.05, 4.69) is 10.1 Å². The van der Waals surface area contributed by atoms with Gasteiger partial charge >= 0.3 is 6.61 Å². The van der Waals surface area contributed by atoms with Crippen LogP contribution >= 0.6 is 11.8 Å². The third-order valence-corrected chi connectivity index (χ3v) is 5.60. The molecular formula is C21H22F2N2O4S. The molecule has 2 amide bonds. The van der Waals surface area contributed by atoms with Gasteiger partial charge in [0.15, 0.2) is 11.5 Å². The van der Waals surface area contributed by atoms with Gasteiger partial charge in [-0.15, -0.1) is 0 Å². The first-order valence-corrected chi connectivity index (χ1v) is 10.5. The Balaban J connectivity index is 1.74. The molecule has 2 aromatic rings. The summed E-state index contributed by atoms with van der Waals surface area (Å²) >= 11 is 1.83. The van der Waals surface area contributed by atoms with Crippen LogP contribution in [0.4, 0.5) is 14.5 Å². The van der Waals surface area contributed by atoms with E-state index in [1.165, 1.54) is 25.3 Å². The number of halogens is 2. The molecule has 1 N–H and O–H groups in total. The smallest absolute Gasteiger partial charge is 0.387 e. The minimum Gasteiger partial charge on any atom is -0.493 e. The average molecular weight is 436 g/mol. The largest absolute Gasteiger partial charge is 0.493 e. The van der Waals surface area contributed by atoms with Gasteiger partial charge in [-0.3, -0.25) is 9.59 Å². The number of alkyl halides is 2. The zero-order valence-corrected chi connectivity index (χ0v) is 17.4. The number of carbonyl (C=O) groups is 2. The highest BCUT2D eigenvalue weighted by Crippen LogP contribution is 2.30. The molecule has 2 aromatic carbocycles. The summed E-state index contributed by atoms with van der Waals surface area (Å²) in [6, 6.07) is 9.11. The van der Waals surface area contributed by atoms with Crippen molar-refractivity contribution in [2.45, 2.75) is 13.5 Å².